The van der Waals surface area contributed by atoms with Gasteiger partial charge in [-0.25, -0.2) is 9.59 Å². The monoisotopic (exact) mass is 1210 g/mol. The van der Waals surface area contributed by atoms with Crippen molar-refractivity contribution in [2.75, 3.05) is 44.1 Å². The molecule has 2 atom stereocenters. The Morgan fingerprint density at radius 2 is 0.908 bits per heavy atom. The number of ether oxygens (including phenoxy) is 5. The zero-order valence-corrected chi connectivity index (χ0v) is 49.5. The van der Waals surface area contributed by atoms with E-state index in [1.807, 2.05) is 0 Å². The van der Waals surface area contributed by atoms with Crippen molar-refractivity contribution in [3.8, 4) is 33.8 Å². The molecule has 0 bridgehead atoms. The molecule has 0 saturated heterocycles. The fourth-order valence-corrected chi connectivity index (χ4v) is 9.77. The summed E-state index contributed by atoms with van der Waals surface area (Å²) < 4.78 is 111. The van der Waals surface area contributed by atoms with Crippen molar-refractivity contribution >= 4 is 47.3 Å². The van der Waals surface area contributed by atoms with Gasteiger partial charge in [-0.05, 0) is 147 Å². The maximum absolute atomic E-state index is 13.9. The molecule has 0 fully saturated rings. The van der Waals surface area contributed by atoms with Crippen LogP contribution in [0.5, 0.6) is 11.5 Å². The minimum Gasteiger partial charge on any atom is -0.489 e. The number of halogens is 6. The van der Waals surface area contributed by atoms with E-state index in [0.29, 0.717) is 64.5 Å². The first-order valence-corrected chi connectivity index (χ1v) is 27.7. The molecule has 0 spiro atoms. The number of anilines is 2. The number of benzene rings is 6. The molecule has 16 nitrogen and oxygen atoms in total. The number of nitrogens with zero attached hydrogens (tertiary/aromatic N) is 4. The summed E-state index contributed by atoms with van der Waals surface area (Å²) in [4.78, 5) is 81.2. The molecule has 2 aliphatic heterocycles. The number of hydrogen-bond donors (Lipinski definition) is 1. The quantitative estimate of drug-likeness (QED) is 0.0551. The van der Waals surface area contributed by atoms with Crippen LogP contribution in [0.3, 0.4) is 0 Å². The zero-order valence-electron chi connectivity index (χ0n) is 49.5. The van der Waals surface area contributed by atoms with Gasteiger partial charge in [-0.15, -0.1) is 0 Å². The van der Waals surface area contributed by atoms with Crippen LogP contribution in [0.2, 0.25) is 0 Å². The molecule has 87 heavy (non-hydrogen) atoms. The lowest BCUT2D eigenvalue weighted by Crippen LogP contribution is -2.51. The molecule has 6 aromatic rings. The molecular weight excluding hydrogens is 1140 g/mol. The largest absolute Gasteiger partial charge is 0.489 e. The Balaban J connectivity index is 0.000000249. The predicted molar refractivity (Wildman–Crippen MR) is 312 cm³/mol. The van der Waals surface area contributed by atoms with Crippen LogP contribution in [0.15, 0.2) is 133 Å². The van der Waals surface area contributed by atoms with Gasteiger partial charge in [-0.1, -0.05) is 84.9 Å². The number of carboxylic acids is 1. The van der Waals surface area contributed by atoms with Gasteiger partial charge in [-0.3, -0.25) is 29.0 Å². The lowest BCUT2D eigenvalue weighted by molar-refractivity contribution is -0.144. The average molecular weight is 1210 g/mol. The number of esters is 1. The third-order valence-corrected chi connectivity index (χ3v) is 14.0. The third-order valence-electron chi connectivity index (χ3n) is 14.0. The van der Waals surface area contributed by atoms with Crippen LogP contribution in [0.25, 0.3) is 22.3 Å². The minimum absolute atomic E-state index is 0.0812. The standard InChI is InChI=1S/C33H35F3N2O6.C32H33F3N2O6/c1-32(2,3)44-31(41)37(4)28(19-29(39)42-5)30(40)38-16-15-23-18-24(12-14-27(23)38)43-20-21-11-13-25(22-9-7-6-8-10-22)26(17-21)33(34,35)36;1-31(2,3)43-30(41)36(4)27(18-28(38)39)29(40)37-15-14-22-17-23(11-13-26(22)37)42-19-20-10-12-24(21-8-6-5-7-9-21)25(16-20)32(33,34)35/h6-14,17-18,28H,15-16,19-20H2,1-5H3;5-13,16-17,27H,14-15,18-19H2,1-4H3,(H,38,39)/t28-;27-/m11/s1. The van der Waals surface area contributed by atoms with Crippen LogP contribution in [0.4, 0.5) is 47.3 Å². The van der Waals surface area contributed by atoms with Crippen LogP contribution in [-0.2, 0) is 71.8 Å². The van der Waals surface area contributed by atoms with Gasteiger partial charge in [-0.2, -0.15) is 26.3 Å². The molecule has 0 aliphatic carbocycles. The summed E-state index contributed by atoms with van der Waals surface area (Å²) >= 11 is 0. The molecule has 0 saturated carbocycles. The maximum atomic E-state index is 13.9. The van der Waals surface area contributed by atoms with Gasteiger partial charge in [0.15, 0.2) is 0 Å². The van der Waals surface area contributed by atoms with E-state index in [0.717, 1.165) is 33.1 Å². The van der Waals surface area contributed by atoms with Crippen LogP contribution in [0.1, 0.15) is 87.8 Å². The van der Waals surface area contributed by atoms with E-state index in [1.54, 1.807) is 151 Å². The second-order valence-corrected chi connectivity index (χ2v) is 22.7. The second-order valence-electron chi connectivity index (χ2n) is 22.7. The van der Waals surface area contributed by atoms with Crippen molar-refractivity contribution in [2.45, 2.75) is 116 Å². The normalized spacial score (nSPS) is 13.6. The molecule has 2 heterocycles. The highest BCUT2D eigenvalue weighted by Gasteiger charge is 2.40. The van der Waals surface area contributed by atoms with Crippen molar-refractivity contribution in [3.05, 3.63) is 167 Å². The predicted octanol–water partition coefficient (Wildman–Crippen LogP) is 13.2. The highest BCUT2D eigenvalue weighted by molar-refractivity contribution is 6.03. The number of hydrogen-bond acceptors (Lipinski definition) is 11. The molecule has 22 heteroatoms. The first-order chi connectivity index (χ1) is 40.8. The molecule has 462 valence electrons. The molecular formula is C65H68F6N4O12. The van der Waals surface area contributed by atoms with E-state index in [1.165, 1.54) is 43.1 Å². The zero-order chi connectivity index (χ0) is 63.8. The molecule has 0 aromatic heterocycles. The third kappa shape index (κ3) is 17.1. The Labute approximate surface area is 500 Å². The van der Waals surface area contributed by atoms with E-state index >= 15 is 0 Å². The van der Waals surface area contributed by atoms with Gasteiger partial charge in [0.25, 0.3) is 11.8 Å². The number of aliphatic carboxylic acids is 1. The number of rotatable bonds is 16. The summed E-state index contributed by atoms with van der Waals surface area (Å²) in [5, 5.41) is 9.43. The number of amides is 4. The molecule has 1 N–H and O–H groups in total. The van der Waals surface area contributed by atoms with Gasteiger partial charge in [0.1, 0.15) is 48.0 Å². The summed E-state index contributed by atoms with van der Waals surface area (Å²) in [6.07, 6.45) is -10.7. The number of carbonyl (C=O) groups is 6. The van der Waals surface area contributed by atoms with E-state index in [4.69, 9.17) is 23.7 Å². The first-order valence-electron chi connectivity index (χ1n) is 27.7. The first kappa shape index (κ1) is 65.5. The van der Waals surface area contributed by atoms with Crippen LogP contribution < -0.4 is 19.3 Å². The van der Waals surface area contributed by atoms with E-state index < -0.39 is 89.1 Å². The number of likely N-dealkylation sites (N-methyl/N-ethyl adjacent to an activating group) is 2. The molecule has 0 unspecified atom stereocenters. The van der Waals surface area contributed by atoms with Crippen LogP contribution in [0, 0.1) is 0 Å². The fourth-order valence-electron chi connectivity index (χ4n) is 9.77. The Bertz CT molecular complexity index is 3470. The van der Waals surface area contributed by atoms with Gasteiger partial charge >= 0.3 is 36.5 Å². The second kappa shape index (κ2) is 27.1. The number of carboxylic acid groups (broad SMARTS) is 1. The van der Waals surface area contributed by atoms with Gasteiger partial charge < -0.3 is 38.6 Å². The summed E-state index contributed by atoms with van der Waals surface area (Å²) in [6, 6.07) is 32.5. The fraction of sp³-hybridized carbons (Fsp3) is 0.354. The van der Waals surface area contributed by atoms with E-state index in [-0.39, 0.29) is 37.3 Å². The SMILES string of the molecule is CN(C(=O)OC(C)(C)C)[C@H](CC(=O)O)C(=O)N1CCc2cc(OCc3ccc(-c4ccccc4)c(C(F)(F)F)c3)ccc21.COC(=O)C[C@H](C(=O)N1CCc2cc(OCc3ccc(-c4ccccc4)c(C(F)(F)F)c3)ccc21)N(C)C(=O)OC(C)(C)C. The van der Waals surface area contributed by atoms with Gasteiger partial charge in [0.05, 0.1) is 31.1 Å². The Hall–Kier alpha value is -9.08. The Kier molecular flexibility index (Phi) is 20.4. The van der Waals surface area contributed by atoms with Crippen molar-refractivity contribution < 1.29 is 83.9 Å². The van der Waals surface area contributed by atoms with Crippen LogP contribution in [-0.4, -0.2) is 108 Å². The molecule has 8 rings (SSSR count). The Morgan fingerprint density at radius 3 is 1.25 bits per heavy atom. The topological polar surface area (TPSA) is 182 Å². The van der Waals surface area contributed by atoms with Crippen molar-refractivity contribution in [1.82, 2.24) is 9.80 Å². The van der Waals surface area contributed by atoms with Gasteiger partial charge in [0, 0.05) is 38.6 Å². The number of fused-ring (bicyclic) bond motifs is 2. The summed E-state index contributed by atoms with van der Waals surface area (Å²) in [6.45, 7) is 10.4. The van der Waals surface area contributed by atoms with Crippen molar-refractivity contribution in [1.29, 1.82) is 0 Å². The molecule has 4 amide bonds. The lowest BCUT2D eigenvalue weighted by Gasteiger charge is -2.32. The summed E-state index contributed by atoms with van der Waals surface area (Å²) in [7, 11) is 3.92. The van der Waals surface area contributed by atoms with Crippen molar-refractivity contribution in [2.24, 2.45) is 0 Å². The smallest absolute Gasteiger partial charge is 0.417 e. The van der Waals surface area contributed by atoms with Gasteiger partial charge in [0.2, 0.25) is 0 Å². The maximum Gasteiger partial charge on any atom is 0.417 e. The molecule has 2 aliphatic rings. The summed E-state index contributed by atoms with van der Waals surface area (Å²) in [5.74, 6) is -2.12. The highest BCUT2D eigenvalue weighted by Crippen LogP contribution is 2.41. The Morgan fingerprint density at radius 1 is 0.529 bits per heavy atom. The average Bonchev–Trinajstić information content (AvgIpc) is 2.18. The number of methoxy groups -OCH3 is 1. The highest BCUT2D eigenvalue weighted by atomic mass is 19.4. The summed E-state index contributed by atoms with van der Waals surface area (Å²) in [5.41, 5.74) is 1.30. The minimum atomic E-state index is -4.55. The van der Waals surface area contributed by atoms with Crippen LogP contribution >= 0.6 is 0 Å². The molecule has 0 radical (unpaired) electrons. The van der Waals surface area contributed by atoms with E-state index in [9.17, 15) is 60.2 Å². The number of alkyl halides is 6. The van der Waals surface area contributed by atoms with Crippen molar-refractivity contribution in [3.63, 3.8) is 0 Å². The molecule has 6 aromatic carbocycles. The lowest BCUT2D eigenvalue weighted by atomic mass is 9.97. The number of carbonyl (C=O) groups excluding carboxylic acids is 5. The van der Waals surface area contributed by atoms with E-state index in [2.05, 4.69) is 0 Å².